The predicted octanol–water partition coefficient (Wildman–Crippen LogP) is 4.72. The molecule has 0 unspecified atom stereocenters. The minimum atomic E-state index is -4.46. The number of halogens is 3. The SMILES string of the molecule is CN(Cc1ccccc1C(F)(F)F)C(=O)c1cc2ccccc2o1. The molecule has 0 spiro atoms. The van der Waals surface area contributed by atoms with E-state index in [1.807, 2.05) is 6.07 Å². The molecule has 3 rings (SSSR count). The van der Waals surface area contributed by atoms with Crippen LogP contribution >= 0.6 is 0 Å². The second-order valence-electron chi connectivity index (χ2n) is 5.46. The molecule has 0 aliphatic heterocycles. The van der Waals surface area contributed by atoms with Gasteiger partial charge in [-0.25, -0.2) is 0 Å². The third-order valence-corrected chi connectivity index (χ3v) is 3.71. The van der Waals surface area contributed by atoms with Gasteiger partial charge >= 0.3 is 6.18 Å². The van der Waals surface area contributed by atoms with E-state index in [9.17, 15) is 18.0 Å². The highest BCUT2D eigenvalue weighted by Gasteiger charge is 2.33. The monoisotopic (exact) mass is 333 g/mol. The summed E-state index contributed by atoms with van der Waals surface area (Å²) < 4.78 is 44.6. The normalized spacial score (nSPS) is 11.7. The molecule has 0 radical (unpaired) electrons. The molecule has 0 bridgehead atoms. The van der Waals surface area contributed by atoms with Crippen LogP contribution in [0.1, 0.15) is 21.7 Å². The van der Waals surface area contributed by atoms with Gasteiger partial charge in [-0.3, -0.25) is 4.79 Å². The van der Waals surface area contributed by atoms with Crippen molar-refractivity contribution in [2.45, 2.75) is 12.7 Å². The predicted molar refractivity (Wildman–Crippen MR) is 83.5 cm³/mol. The zero-order chi connectivity index (χ0) is 17.3. The van der Waals surface area contributed by atoms with Crippen LogP contribution in [0.3, 0.4) is 0 Å². The number of amides is 1. The van der Waals surface area contributed by atoms with Crippen molar-refractivity contribution < 1.29 is 22.4 Å². The van der Waals surface area contributed by atoms with E-state index in [0.29, 0.717) is 5.58 Å². The van der Waals surface area contributed by atoms with Gasteiger partial charge in [-0.2, -0.15) is 13.2 Å². The second-order valence-corrected chi connectivity index (χ2v) is 5.46. The molecule has 1 amide bonds. The van der Waals surface area contributed by atoms with Gasteiger partial charge < -0.3 is 9.32 Å². The van der Waals surface area contributed by atoms with Crippen molar-refractivity contribution in [3.05, 3.63) is 71.5 Å². The van der Waals surface area contributed by atoms with Crippen LogP contribution < -0.4 is 0 Å². The van der Waals surface area contributed by atoms with E-state index in [2.05, 4.69) is 0 Å². The average molecular weight is 333 g/mol. The van der Waals surface area contributed by atoms with Gasteiger partial charge in [0, 0.05) is 19.0 Å². The van der Waals surface area contributed by atoms with E-state index in [0.717, 1.165) is 11.5 Å². The molecule has 3 aromatic rings. The lowest BCUT2D eigenvalue weighted by atomic mass is 10.1. The number of furan rings is 1. The topological polar surface area (TPSA) is 33.5 Å². The zero-order valence-corrected chi connectivity index (χ0v) is 12.8. The van der Waals surface area contributed by atoms with E-state index < -0.39 is 17.6 Å². The van der Waals surface area contributed by atoms with Gasteiger partial charge in [0.2, 0.25) is 0 Å². The van der Waals surface area contributed by atoms with Crippen LogP contribution in [-0.2, 0) is 12.7 Å². The number of nitrogens with zero attached hydrogens (tertiary/aromatic N) is 1. The summed E-state index contributed by atoms with van der Waals surface area (Å²) in [4.78, 5) is 13.6. The van der Waals surface area contributed by atoms with Crippen LogP contribution in [0.2, 0.25) is 0 Å². The fourth-order valence-electron chi connectivity index (χ4n) is 2.54. The molecule has 0 saturated carbocycles. The van der Waals surface area contributed by atoms with Crippen LogP contribution in [0.4, 0.5) is 13.2 Å². The Kier molecular flexibility index (Phi) is 4.05. The molecule has 6 heteroatoms. The molecule has 1 heterocycles. The molecule has 0 N–H and O–H groups in total. The minimum absolute atomic E-state index is 0.0389. The summed E-state index contributed by atoms with van der Waals surface area (Å²) in [6, 6.07) is 13.9. The highest BCUT2D eigenvalue weighted by atomic mass is 19.4. The zero-order valence-electron chi connectivity index (χ0n) is 12.8. The van der Waals surface area contributed by atoms with E-state index in [1.165, 1.54) is 30.1 Å². The Morgan fingerprint density at radius 1 is 1.08 bits per heavy atom. The maximum Gasteiger partial charge on any atom is 0.416 e. The lowest BCUT2D eigenvalue weighted by Crippen LogP contribution is -2.27. The van der Waals surface area contributed by atoms with Crippen molar-refractivity contribution in [2.24, 2.45) is 0 Å². The van der Waals surface area contributed by atoms with Crippen molar-refractivity contribution in [2.75, 3.05) is 7.05 Å². The van der Waals surface area contributed by atoms with Gasteiger partial charge in [-0.1, -0.05) is 36.4 Å². The number of alkyl halides is 3. The van der Waals surface area contributed by atoms with Crippen molar-refractivity contribution in [1.82, 2.24) is 4.90 Å². The second kappa shape index (κ2) is 6.03. The molecule has 0 atom stereocenters. The summed E-state index contributed by atoms with van der Waals surface area (Å²) in [7, 11) is 1.45. The first-order valence-electron chi connectivity index (χ1n) is 7.25. The van der Waals surface area contributed by atoms with Crippen molar-refractivity contribution in [1.29, 1.82) is 0 Å². The van der Waals surface area contributed by atoms with Gasteiger partial charge in [0.25, 0.3) is 5.91 Å². The van der Waals surface area contributed by atoms with Crippen LogP contribution in [0.15, 0.2) is 59.0 Å². The van der Waals surface area contributed by atoms with E-state index >= 15 is 0 Å². The van der Waals surface area contributed by atoms with Crippen molar-refractivity contribution in [3.8, 4) is 0 Å². The summed E-state index contributed by atoms with van der Waals surface area (Å²) in [5.74, 6) is -0.369. The summed E-state index contributed by atoms with van der Waals surface area (Å²) >= 11 is 0. The van der Waals surface area contributed by atoms with Gasteiger partial charge in [0.15, 0.2) is 5.76 Å². The lowest BCUT2D eigenvalue weighted by Gasteiger charge is -2.19. The number of rotatable bonds is 3. The number of carbonyl (C=O) groups excluding carboxylic acids is 1. The minimum Gasteiger partial charge on any atom is -0.451 e. The van der Waals surface area contributed by atoms with Crippen LogP contribution in [0, 0.1) is 0 Å². The number of para-hydroxylation sites is 1. The van der Waals surface area contributed by atoms with E-state index in [-0.39, 0.29) is 17.9 Å². The highest BCUT2D eigenvalue weighted by molar-refractivity contribution is 5.95. The Morgan fingerprint density at radius 3 is 2.46 bits per heavy atom. The van der Waals surface area contributed by atoms with Crippen LogP contribution in [0.25, 0.3) is 11.0 Å². The summed E-state index contributed by atoms with van der Waals surface area (Å²) in [6.07, 6.45) is -4.46. The van der Waals surface area contributed by atoms with Crippen molar-refractivity contribution >= 4 is 16.9 Å². The first-order valence-corrected chi connectivity index (χ1v) is 7.25. The number of carbonyl (C=O) groups is 1. The molecule has 0 fully saturated rings. The number of hydrogen-bond donors (Lipinski definition) is 0. The van der Waals surface area contributed by atoms with Gasteiger partial charge in [-0.05, 0) is 23.8 Å². The Balaban J connectivity index is 1.85. The van der Waals surface area contributed by atoms with Gasteiger partial charge in [0.05, 0.1) is 5.56 Å². The molecule has 0 aliphatic rings. The Bertz CT molecular complexity index is 850. The number of hydrogen-bond acceptors (Lipinski definition) is 2. The van der Waals surface area contributed by atoms with Crippen LogP contribution in [-0.4, -0.2) is 17.9 Å². The summed E-state index contributed by atoms with van der Waals surface area (Å²) in [5.41, 5.74) is -0.142. The highest BCUT2D eigenvalue weighted by Crippen LogP contribution is 2.32. The lowest BCUT2D eigenvalue weighted by molar-refractivity contribution is -0.138. The van der Waals surface area contributed by atoms with E-state index in [4.69, 9.17) is 4.42 Å². The molecule has 3 nitrogen and oxygen atoms in total. The molecule has 124 valence electrons. The molecular formula is C18H14F3NO2. The summed E-state index contributed by atoms with van der Waals surface area (Å²) in [5, 5.41) is 0.768. The molecule has 1 aromatic heterocycles. The number of benzene rings is 2. The van der Waals surface area contributed by atoms with Crippen LogP contribution in [0.5, 0.6) is 0 Å². The first kappa shape index (κ1) is 16.1. The Morgan fingerprint density at radius 2 is 1.75 bits per heavy atom. The molecular weight excluding hydrogens is 319 g/mol. The quantitative estimate of drug-likeness (QED) is 0.695. The van der Waals surface area contributed by atoms with Gasteiger partial charge in [-0.15, -0.1) is 0 Å². The molecule has 24 heavy (non-hydrogen) atoms. The summed E-state index contributed by atoms with van der Waals surface area (Å²) in [6.45, 7) is -0.161. The third kappa shape index (κ3) is 3.13. The fourth-order valence-corrected chi connectivity index (χ4v) is 2.54. The largest absolute Gasteiger partial charge is 0.451 e. The standard InChI is InChI=1S/C18H14F3NO2/c1-22(11-13-7-2-4-8-14(13)18(19,20)21)17(23)16-10-12-6-3-5-9-15(12)24-16/h2-10H,11H2,1H3. The maximum atomic E-state index is 13.0. The fraction of sp³-hybridized carbons (Fsp3) is 0.167. The maximum absolute atomic E-state index is 13.0. The smallest absolute Gasteiger partial charge is 0.416 e. The van der Waals surface area contributed by atoms with E-state index in [1.54, 1.807) is 24.3 Å². The number of fused-ring (bicyclic) bond motifs is 1. The molecule has 2 aromatic carbocycles. The first-order chi connectivity index (χ1) is 11.4. The average Bonchev–Trinajstić information content (AvgIpc) is 2.97. The molecule has 0 saturated heterocycles. The van der Waals surface area contributed by atoms with Crippen molar-refractivity contribution in [3.63, 3.8) is 0 Å². The Labute approximate surface area is 136 Å². The van der Waals surface area contributed by atoms with Gasteiger partial charge in [0.1, 0.15) is 5.58 Å². The Hall–Kier alpha value is -2.76. The third-order valence-electron chi connectivity index (χ3n) is 3.71. The molecule has 0 aliphatic carbocycles.